The van der Waals surface area contributed by atoms with E-state index in [4.69, 9.17) is 14.2 Å². The summed E-state index contributed by atoms with van der Waals surface area (Å²) in [5.74, 6) is -1.22. The van der Waals surface area contributed by atoms with Crippen LogP contribution < -0.4 is 5.32 Å². The van der Waals surface area contributed by atoms with Gasteiger partial charge in [0.2, 0.25) is 5.91 Å². The molecule has 0 aromatic heterocycles. The third kappa shape index (κ3) is 43.2. The van der Waals surface area contributed by atoms with E-state index in [-0.39, 0.29) is 19.4 Å². The van der Waals surface area contributed by atoms with Crippen LogP contribution in [0.25, 0.3) is 0 Å². The Bertz CT molecular complexity index is 1610. The molecule has 0 aromatic rings. The van der Waals surface area contributed by atoms with Crippen LogP contribution in [0.1, 0.15) is 271 Å². The topological polar surface area (TPSA) is 175 Å². The van der Waals surface area contributed by atoms with Crippen LogP contribution in [-0.4, -0.2) is 99.6 Å². The van der Waals surface area contributed by atoms with Crippen LogP contribution >= 0.6 is 0 Å². The van der Waals surface area contributed by atoms with Gasteiger partial charge in [0, 0.05) is 6.42 Å². The summed E-state index contributed by atoms with van der Waals surface area (Å²) < 4.78 is 17.6. The number of carbonyl (C=O) groups excluding carboxylic acids is 2. The maximum Gasteiger partial charge on any atom is 0.306 e. The molecule has 6 N–H and O–H groups in total. The van der Waals surface area contributed by atoms with E-state index in [1.165, 1.54) is 122 Å². The number of carbonyl (C=O) groups is 2. The van der Waals surface area contributed by atoms with Crippen LogP contribution in [-0.2, 0) is 23.8 Å². The number of esters is 1. The summed E-state index contributed by atoms with van der Waals surface area (Å²) in [7, 11) is 0. The molecule has 1 saturated heterocycles. The Balaban J connectivity index is 2.61. The largest absolute Gasteiger partial charge is 0.454 e. The third-order valence-corrected chi connectivity index (χ3v) is 14.8. The zero-order chi connectivity index (χ0) is 57.5. The van der Waals surface area contributed by atoms with Gasteiger partial charge in [0.05, 0.1) is 25.4 Å². The van der Waals surface area contributed by atoms with Crippen molar-refractivity contribution in [2.24, 2.45) is 0 Å². The second-order valence-corrected chi connectivity index (χ2v) is 22.1. The average Bonchev–Trinajstić information content (AvgIpc) is 3.49. The SMILES string of the molecule is CC/C=C\C/C=C\C/C=C\C/C=C\C/C=C\CCCCCCCCCCCC(=O)OC1C(OCC(NC(=O)C(O)CCCC/C=C\CCCCCCCCC)C(O)/C=C/CCCCCCCCCCCC)OC(CO)C(O)C1O. The molecule has 0 bridgehead atoms. The van der Waals surface area contributed by atoms with Crippen LogP contribution in [0.3, 0.4) is 0 Å². The molecule has 1 heterocycles. The minimum atomic E-state index is -1.62. The van der Waals surface area contributed by atoms with Crippen LogP contribution in [0.4, 0.5) is 0 Å². The monoisotopic (exact) mass is 1110 g/mol. The van der Waals surface area contributed by atoms with Gasteiger partial charge in [0.25, 0.3) is 0 Å². The van der Waals surface area contributed by atoms with Crippen molar-refractivity contribution in [3.05, 3.63) is 85.1 Å². The lowest BCUT2D eigenvalue weighted by Gasteiger charge is -2.41. The number of hydrogen-bond acceptors (Lipinski definition) is 10. The predicted octanol–water partition coefficient (Wildman–Crippen LogP) is 15.7. The number of ether oxygens (including phenoxy) is 3. The standard InChI is InChI=1S/C68H119NO10/c1-4-7-10-13-16-19-22-25-26-27-28-29-30-31-32-33-34-35-36-38-41-44-47-50-53-56-63(73)79-66-65(75)64(74)62(57-70)78-68(66)77-58-59(60(71)54-51-48-45-42-39-24-21-18-15-12-9-6-3)69-67(76)61(72)55-52-49-46-43-40-37-23-20-17-14-11-8-5-2/h7,10,16,19,25-26,28-29,31-32,40,43,51,54,59-62,64-66,68,70-72,74-75H,4-6,8-9,11-15,17-18,20-24,27,30,33-39,41-42,44-50,52-53,55-58H2,1-3H3,(H,69,76)/b10-7-,19-16-,26-25-,29-28-,32-31-,43-40-,54-51+. The fourth-order valence-corrected chi connectivity index (χ4v) is 9.67. The van der Waals surface area contributed by atoms with Crippen LogP contribution in [0.5, 0.6) is 0 Å². The van der Waals surface area contributed by atoms with Gasteiger partial charge in [-0.2, -0.15) is 0 Å². The Labute approximate surface area is 483 Å². The van der Waals surface area contributed by atoms with Gasteiger partial charge in [-0.1, -0.05) is 254 Å². The van der Waals surface area contributed by atoms with E-state index in [2.05, 4.69) is 99.0 Å². The summed E-state index contributed by atoms with van der Waals surface area (Å²) in [4.78, 5) is 26.6. The number of aliphatic hydroxyl groups excluding tert-OH is 5. The first kappa shape index (κ1) is 73.9. The van der Waals surface area contributed by atoms with E-state index in [0.717, 1.165) is 103 Å². The van der Waals surface area contributed by atoms with E-state index in [0.29, 0.717) is 12.8 Å². The zero-order valence-corrected chi connectivity index (χ0v) is 50.5. The molecule has 8 unspecified atom stereocenters. The molecule has 79 heavy (non-hydrogen) atoms. The molecule has 11 nitrogen and oxygen atoms in total. The van der Waals surface area contributed by atoms with Crippen molar-refractivity contribution in [3.8, 4) is 0 Å². The van der Waals surface area contributed by atoms with Crippen molar-refractivity contribution in [1.82, 2.24) is 5.32 Å². The third-order valence-electron chi connectivity index (χ3n) is 14.8. The molecule has 11 heteroatoms. The minimum Gasteiger partial charge on any atom is -0.454 e. The van der Waals surface area contributed by atoms with Crippen molar-refractivity contribution in [3.63, 3.8) is 0 Å². The van der Waals surface area contributed by atoms with E-state index < -0.39 is 67.4 Å². The molecular formula is C68H119NO10. The molecule has 1 aliphatic heterocycles. The predicted molar refractivity (Wildman–Crippen MR) is 329 cm³/mol. The highest BCUT2D eigenvalue weighted by Crippen LogP contribution is 2.26. The molecule has 1 fully saturated rings. The fourth-order valence-electron chi connectivity index (χ4n) is 9.67. The number of allylic oxidation sites excluding steroid dienone is 13. The minimum absolute atomic E-state index is 0.111. The smallest absolute Gasteiger partial charge is 0.306 e. The summed E-state index contributed by atoms with van der Waals surface area (Å²) in [6.45, 7) is 5.66. The molecule has 456 valence electrons. The van der Waals surface area contributed by atoms with Gasteiger partial charge in [-0.25, -0.2) is 0 Å². The van der Waals surface area contributed by atoms with Gasteiger partial charge in [0.1, 0.15) is 24.4 Å². The van der Waals surface area contributed by atoms with Crippen molar-refractivity contribution in [1.29, 1.82) is 0 Å². The Kier molecular flexibility index (Phi) is 51.8. The van der Waals surface area contributed by atoms with Crippen LogP contribution in [0.15, 0.2) is 85.1 Å². The number of amides is 1. The second kappa shape index (κ2) is 55.4. The quantitative estimate of drug-likeness (QED) is 0.0195. The molecule has 1 aliphatic rings. The van der Waals surface area contributed by atoms with Crippen molar-refractivity contribution >= 4 is 11.9 Å². The summed E-state index contributed by atoms with van der Waals surface area (Å²) in [6, 6.07) is -1.04. The van der Waals surface area contributed by atoms with E-state index >= 15 is 0 Å². The molecular weight excluding hydrogens is 991 g/mol. The van der Waals surface area contributed by atoms with Gasteiger partial charge < -0.3 is 45.1 Å². The molecule has 0 aliphatic carbocycles. The highest BCUT2D eigenvalue weighted by Gasteiger charge is 2.47. The maximum absolute atomic E-state index is 13.4. The first-order valence-corrected chi connectivity index (χ1v) is 32.4. The summed E-state index contributed by atoms with van der Waals surface area (Å²) in [5.41, 5.74) is 0. The van der Waals surface area contributed by atoms with Crippen LogP contribution in [0, 0.1) is 0 Å². The molecule has 0 aromatic carbocycles. The molecule has 0 radical (unpaired) electrons. The maximum atomic E-state index is 13.4. The lowest BCUT2D eigenvalue weighted by atomic mass is 9.99. The molecule has 0 spiro atoms. The number of unbranched alkanes of at least 4 members (excludes halogenated alkanes) is 28. The van der Waals surface area contributed by atoms with Crippen molar-refractivity contribution < 1.29 is 49.3 Å². The van der Waals surface area contributed by atoms with Crippen LogP contribution in [0.2, 0.25) is 0 Å². The molecule has 1 amide bonds. The molecule has 0 saturated carbocycles. The fraction of sp³-hybridized carbons (Fsp3) is 0.765. The van der Waals surface area contributed by atoms with Gasteiger partial charge in [-0.3, -0.25) is 9.59 Å². The normalized spacial score (nSPS) is 19.4. The molecule has 8 atom stereocenters. The average molecular weight is 1110 g/mol. The molecule has 1 rings (SSSR count). The van der Waals surface area contributed by atoms with E-state index in [1.807, 2.05) is 6.08 Å². The number of nitrogens with one attached hydrogen (secondary N) is 1. The Morgan fingerprint density at radius 2 is 0.911 bits per heavy atom. The summed E-state index contributed by atoms with van der Waals surface area (Å²) in [5, 5.41) is 57.0. The Hall–Kier alpha value is -3.16. The van der Waals surface area contributed by atoms with Crippen molar-refractivity contribution in [2.75, 3.05) is 13.2 Å². The van der Waals surface area contributed by atoms with E-state index in [1.54, 1.807) is 6.08 Å². The summed E-state index contributed by atoms with van der Waals surface area (Å²) in [6.07, 6.45) is 61.9. The van der Waals surface area contributed by atoms with E-state index in [9.17, 15) is 35.1 Å². The highest BCUT2D eigenvalue weighted by molar-refractivity contribution is 5.80. The Morgan fingerprint density at radius 1 is 0.506 bits per heavy atom. The zero-order valence-electron chi connectivity index (χ0n) is 50.5. The van der Waals surface area contributed by atoms with Gasteiger partial charge in [0.15, 0.2) is 12.4 Å². The van der Waals surface area contributed by atoms with Gasteiger partial charge in [-0.15, -0.1) is 0 Å². The highest BCUT2D eigenvalue weighted by atomic mass is 16.7. The van der Waals surface area contributed by atoms with Gasteiger partial charge >= 0.3 is 5.97 Å². The Morgan fingerprint density at radius 3 is 1.38 bits per heavy atom. The first-order chi connectivity index (χ1) is 38.7. The van der Waals surface area contributed by atoms with Crippen molar-refractivity contribution in [2.45, 2.75) is 320 Å². The number of hydrogen-bond donors (Lipinski definition) is 6. The summed E-state index contributed by atoms with van der Waals surface area (Å²) >= 11 is 0. The number of rotatable bonds is 54. The first-order valence-electron chi connectivity index (χ1n) is 32.4. The lowest BCUT2D eigenvalue weighted by molar-refractivity contribution is -0.305. The number of aliphatic hydroxyl groups is 5. The second-order valence-electron chi connectivity index (χ2n) is 22.1. The lowest BCUT2D eigenvalue weighted by Crippen LogP contribution is -2.61. The van der Waals surface area contributed by atoms with Gasteiger partial charge in [-0.05, 0) is 96.3 Å².